The fourth-order valence-corrected chi connectivity index (χ4v) is 4.63. The number of carbonyl (C=O) groups is 1. The van der Waals surface area contributed by atoms with Crippen LogP contribution in [0.3, 0.4) is 0 Å². The molecule has 0 bridgehead atoms. The van der Waals surface area contributed by atoms with E-state index in [9.17, 15) is 14.9 Å². The molecule has 0 atom stereocenters. The summed E-state index contributed by atoms with van der Waals surface area (Å²) in [6.07, 6.45) is 6.37. The van der Waals surface area contributed by atoms with Crippen molar-refractivity contribution < 1.29 is 19.2 Å². The Bertz CT molecular complexity index is 753. The van der Waals surface area contributed by atoms with E-state index in [0.29, 0.717) is 24.8 Å². The molecule has 2 saturated heterocycles. The number of hydrogen-bond donors (Lipinski definition) is 0. The molecule has 0 unspecified atom stereocenters. The Morgan fingerprint density at radius 2 is 1.83 bits per heavy atom. The number of piperidine rings is 1. The minimum atomic E-state index is -0.371. The van der Waals surface area contributed by atoms with E-state index >= 15 is 0 Å². The molecule has 4 rings (SSSR count). The minimum Gasteiger partial charge on any atom is -0.467 e. The summed E-state index contributed by atoms with van der Waals surface area (Å²) in [4.78, 5) is 28.1. The van der Waals surface area contributed by atoms with Crippen molar-refractivity contribution in [2.45, 2.75) is 51.7 Å². The molecule has 0 N–H and O–H groups in total. The molecule has 0 saturated carbocycles. The first-order valence-electron chi connectivity index (χ1n) is 10.6. The lowest BCUT2D eigenvalue weighted by atomic mass is 9.94. The predicted molar refractivity (Wildman–Crippen MR) is 106 cm³/mol. The summed E-state index contributed by atoms with van der Waals surface area (Å²) in [7, 11) is 0. The second-order valence-corrected chi connectivity index (χ2v) is 8.25. The number of benzene rings is 1. The van der Waals surface area contributed by atoms with Gasteiger partial charge < -0.3 is 14.4 Å². The van der Waals surface area contributed by atoms with Crippen molar-refractivity contribution in [3.8, 4) is 5.75 Å². The molecule has 0 aliphatic carbocycles. The van der Waals surface area contributed by atoms with Crippen LogP contribution in [-0.2, 0) is 22.7 Å². The summed E-state index contributed by atoms with van der Waals surface area (Å²) in [5.74, 6) is 1.14. The number of non-ortho nitro benzene ring substituents is 1. The third kappa shape index (κ3) is 4.70. The quantitative estimate of drug-likeness (QED) is 0.567. The van der Waals surface area contributed by atoms with Crippen molar-refractivity contribution in [1.29, 1.82) is 0 Å². The van der Waals surface area contributed by atoms with Gasteiger partial charge in [-0.25, -0.2) is 0 Å². The van der Waals surface area contributed by atoms with E-state index in [1.54, 1.807) is 6.07 Å². The first-order valence-corrected chi connectivity index (χ1v) is 10.6. The fourth-order valence-electron chi connectivity index (χ4n) is 4.63. The van der Waals surface area contributed by atoms with Crippen molar-refractivity contribution in [3.05, 3.63) is 33.4 Å². The van der Waals surface area contributed by atoms with Crippen LogP contribution in [0.1, 0.15) is 49.7 Å². The number of amides is 1. The molecule has 3 aliphatic rings. The largest absolute Gasteiger partial charge is 0.467 e. The SMILES string of the molecule is O=C(C1CCN(Cc2cc([N+](=O)[O-])cc3c2OCOC3)CC1)N1CCCCCC1. The molecule has 1 aromatic rings. The topological polar surface area (TPSA) is 85.2 Å². The van der Waals surface area contributed by atoms with Crippen LogP contribution in [0.2, 0.25) is 0 Å². The average Bonchev–Trinajstić information content (AvgIpc) is 3.03. The van der Waals surface area contributed by atoms with E-state index in [2.05, 4.69) is 9.80 Å². The highest BCUT2D eigenvalue weighted by Crippen LogP contribution is 2.34. The van der Waals surface area contributed by atoms with Crippen LogP contribution in [-0.4, -0.2) is 53.6 Å². The Labute approximate surface area is 170 Å². The van der Waals surface area contributed by atoms with Gasteiger partial charge in [-0.15, -0.1) is 0 Å². The van der Waals surface area contributed by atoms with Gasteiger partial charge >= 0.3 is 0 Å². The first-order chi connectivity index (χ1) is 14.1. The molecule has 3 heterocycles. The summed E-state index contributed by atoms with van der Waals surface area (Å²) >= 11 is 0. The maximum Gasteiger partial charge on any atom is 0.270 e. The van der Waals surface area contributed by atoms with E-state index in [4.69, 9.17) is 9.47 Å². The van der Waals surface area contributed by atoms with Gasteiger partial charge in [0.1, 0.15) is 5.75 Å². The molecule has 0 spiro atoms. The van der Waals surface area contributed by atoms with Gasteiger partial charge in [-0.1, -0.05) is 12.8 Å². The van der Waals surface area contributed by atoms with Crippen LogP contribution >= 0.6 is 0 Å². The summed E-state index contributed by atoms with van der Waals surface area (Å²) in [5.41, 5.74) is 1.63. The van der Waals surface area contributed by atoms with Gasteiger partial charge in [-0.2, -0.15) is 0 Å². The van der Waals surface area contributed by atoms with Crippen LogP contribution in [0.25, 0.3) is 0 Å². The van der Waals surface area contributed by atoms with Crippen LogP contribution < -0.4 is 4.74 Å². The van der Waals surface area contributed by atoms with Gasteiger partial charge in [-0.3, -0.25) is 19.8 Å². The molecule has 8 heteroatoms. The Morgan fingerprint density at radius 3 is 2.52 bits per heavy atom. The number of nitro groups is 1. The maximum absolute atomic E-state index is 12.9. The lowest BCUT2D eigenvalue weighted by Crippen LogP contribution is -2.42. The number of nitro benzene ring substituents is 1. The van der Waals surface area contributed by atoms with Gasteiger partial charge in [0.15, 0.2) is 6.79 Å². The van der Waals surface area contributed by atoms with Gasteiger partial charge in [0.05, 0.1) is 11.5 Å². The Kier molecular flexibility index (Phi) is 6.30. The summed E-state index contributed by atoms with van der Waals surface area (Å²) in [5, 5.41) is 11.3. The third-order valence-electron chi connectivity index (χ3n) is 6.23. The number of likely N-dealkylation sites (tertiary alicyclic amines) is 2. The smallest absolute Gasteiger partial charge is 0.270 e. The molecular formula is C21H29N3O5. The zero-order valence-corrected chi connectivity index (χ0v) is 16.8. The summed E-state index contributed by atoms with van der Waals surface area (Å²) in [6.45, 7) is 4.53. The first kappa shape index (κ1) is 20.1. The maximum atomic E-state index is 12.9. The minimum absolute atomic E-state index is 0.0686. The van der Waals surface area contributed by atoms with Crippen molar-refractivity contribution in [2.75, 3.05) is 33.0 Å². The predicted octanol–water partition coefficient (Wildman–Crippen LogP) is 3.08. The Morgan fingerprint density at radius 1 is 1.10 bits per heavy atom. The zero-order valence-electron chi connectivity index (χ0n) is 16.8. The number of nitrogens with zero attached hydrogens (tertiary/aromatic N) is 3. The van der Waals surface area contributed by atoms with Gasteiger partial charge in [0.2, 0.25) is 5.91 Å². The van der Waals surface area contributed by atoms with E-state index in [1.165, 1.54) is 18.9 Å². The molecule has 0 radical (unpaired) electrons. The van der Waals surface area contributed by atoms with Crippen LogP contribution in [0.15, 0.2) is 12.1 Å². The Balaban J connectivity index is 1.39. The lowest BCUT2D eigenvalue weighted by Gasteiger charge is -2.34. The van der Waals surface area contributed by atoms with Crippen LogP contribution in [0.5, 0.6) is 5.75 Å². The number of rotatable bonds is 4. The molecule has 1 aromatic carbocycles. The van der Waals surface area contributed by atoms with E-state index < -0.39 is 0 Å². The fraction of sp³-hybridized carbons (Fsp3) is 0.667. The summed E-state index contributed by atoms with van der Waals surface area (Å²) < 4.78 is 10.9. The number of carbonyl (C=O) groups excluding carboxylic acids is 1. The lowest BCUT2D eigenvalue weighted by molar-refractivity contribution is -0.385. The molecule has 8 nitrogen and oxygen atoms in total. The van der Waals surface area contributed by atoms with Gasteiger partial charge in [0, 0.05) is 48.8 Å². The van der Waals surface area contributed by atoms with E-state index in [-0.39, 0.29) is 23.3 Å². The second-order valence-electron chi connectivity index (χ2n) is 8.25. The van der Waals surface area contributed by atoms with Crippen molar-refractivity contribution in [1.82, 2.24) is 9.80 Å². The molecule has 158 valence electrons. The highest BCUT2D eigenvalue weighted by atomic mass is 16.7. The molecule has 2 fully saturated rings. The van der Waals surface area contributed by atoms with Crippen molar-refractivity contribution >= 4 is 11.6 Å². The van der Waals surface area contributed by atoms with Crippen molar-refractivity contribution in [3.63, 3.8) is 0 Å². The molecule has 3 aliphatic heterocycles. The standard InChI is InChI=1S/C21H29N3O5/c25-21(23-7-3-1-2-4-8-23)16-5-9-22(10-6-16)13-17-11-19(24(26)27)12-18-14-28-15-29-20(17)18/h11-12,16H,1-10,13-15H2. The molecule has 0 aromatic heterocycles. The van der Waals surface area contributed by atoms with Gasteiger partial charge in [-0.05, 0) is 38.8 Å². The monoisotopic (exact) mass is 403 g/mol. The number of fused-ring (bicyclic) bond motifs is 1. The average molecular weight is 403 g/mol. The summed E-state index contributed by atoms with van der Waals surface area (Å²) in [6, 6.07) is 3.14. The zero-order chi connectivity index (χ0) is 20.2. The molecule has 1 amide bonds. The van der Waals surface area contributed by atoms with E-state index in [0.717, 1.165) is 63.0 Å². The number of ether oxygens (including phenoxy) is 2. The normalized spacial score (nSPS) is 21.2. The highest BCUT2D eigenvalue weighted by molar-refractivity contribution is 5.79. The second kappa shape index (κ2) is 9.09. The number of hydrogen-bond acceptors (Lipinski definition) is 6. The van der Waals surface area contributed by atoms with Crippen LogP contribution in [0, 0.1) is 16.0 Å². The Hall–Kier alpha value is -2.19. The third-order valence-corrected chi connectivity index (χ3v) is 6.23. The molecular weight excluding hydrogens is 374 g/mol. The molecule has 29 heavy (non-hydrogen) atoms. The van der Waals surface area contributed by atoms with Gasteiger partial charge in [0.25, 0.3) is 5.69 Å². The van der Waals surface area contributed by atoms with Crippen molar-refractivity contribution in [2.24, 2.45) is 5.92 Å². The highest BCUT2D eigenvalue weighted by Gasteiger charge is 2.30. The van der Waals surface area contributed by atoms with E-state index in [1.807, 2.05) is 0 Å². The van der Waals surface area contributed by atoms with Crippen LogP contribution in [0.4, 0.5) is 5.69 Å².